The molecule has 0 bridgehead atoms. The molecule has 0 atom stereocenters. The minimum absolute atomic E-state index is 1.08. The predicted molar refractivity (Wildman–Crippen MR) is 50.0 cm³/mol. The monoisotopic (exact) mass is 402 g/mol. The molecule has 1 N–H and O–H groups in total. The second-order valence-corrected chi connectivity index (χ2v) is 11.9. The van der Waals surface area contributed by atoms with Crippen LogP contribution in [0.2, 0.25) is 0 Å². The maximum absolute atomic E-state index is 4.96. The van der Waals surface area contributed by atoms with E-state index in [4.69, 9.17) is 28.3 Å². The average Bonchev–Trinajstić information content (AvgIpc) is 1.82. The SMILES string of the molecule is CNCCN(C)C.[Cl][Pt]([Cl])[Cl]. The summed E-state index contributed by atoms with van der Waals surface area (Å²) in [4.78, 5) is 2.15. The van der Waals surface area contributed by atoms with Crippen LogP contribution < -0.4 is 5.32 Å². The van der Waals surface area contributed by atoms with Crippen LogP contribution >= 0.6 is 28.3 Å². The fourth-order valence-electron chi connectivity index (χ4n) is 0.335. The van der Waals surface area contributed by atoms with Crippen LogP contribution in [0.1, 0.15) is 0 Å². The van der Waals surface area contributed by atoms with Crippen molar-refractivity contribution in [3.63, 3.8) is 0 Å². The van der Waals surface area contributed by atoms with Crippen molar-refractivity contribution in [1.29, 1.82) is 0 Å². The van der Waals surface area contributed by atoms with Gasteiger partial charge in [0.1, 0.15) is 0 Å². The summed E-state index contributed by atoms with van der Waals surface area (Å²) >= 11 is -1.85. The van der Waals surface area contributed by atoms with Gasteiger partial charge in [0, 0.05) is 13.1 Å². The molecule has 2 nitrogen and oxygen atoms in total. The summed E-state index contributed by atoms with van der Waals surface area (Å²) < 4.78 is 0. The molecule has 0 heterocycles. The van der Waals surface area contributed by atoms with Crippen molar-refractivity contribution in [2.24, 2.45) is 0 Å². The molecule has 0 saturated carbocycles. The van der Waals surface area contributed by atoms with E-state index >= 15 is 0 Å². The second-order valence-electron chi connectivity index (χ2n) is 2.04. The standard InChI is InChI=1S/C5H14N2.3ClH.Pt/c1-6-4-5-7(2)3;;;;/h6H,4-5H2,1-3H3;3*1H;/q;;;;+3/p-3. The number of nitrogens with one attached hydrogen (secondary N) is 1. The fourth-order valence-corrected chi connectivity index (χ4v) is 0.335. The van der Waals surface area contributed by atoms with Crippen LogP contribution in [0.5, 0.6) is 0 Å². The van der Waals surface area contributed by atoms with E-state index in [9.17, 15) is 0 Å². The average molecular weight is 404 g/mol. The van der Waals surface area contributed by atoms with Gasteiger partial charge < -0.3 is 10.2 Å². The molecule has 0 aromatic carbocycles. The Kier molecular flexibility index (Phi) is 15.6. The molecule has 0 fully saturated rings. The molecule has 0 rings (SSSR count). The van der Waals surface area contributed by atoms with E-state index in [-0.39, 0.29) is 0 Å². The summed E-state index contributed by atoms with van der Waals surface area (Å²) in [7, 11) is 21.0. The van der Waals surface area contributed by atoms with Gasteiger partial charge in [0.2, 0.25) is 0 Å². The van der Waals surface area contributed by atoms with E-state index < -0.39 is 14.2 Å². The first kappa shape index (κ1) is 15.0. The van der Waals surface area contributed by atoms with Gasteiger partial charge in [0.25, 0.3) is 0 Å². The molecule has 6 heteroatoms. The normalized spacial score (nSPS) is 10.6. The molecule has 11 heavy (non-hydrogen) atoms. The number of halogens is 3. The molecule has 0 aromatic heterocycles. The van der Waals surface area contributed by atoms with Gasteiger partial charge in [-0.15, -0.1) is 0 Å². The van der Waals surface area contributed by atoms with Gasteiger partial charge in [-0.2, -0.15) is 0 Å². The Bertz CT molecular complexity index is 70.0. The van der Waals surface area contributed by atoms with Gasteiger partial charge in [-0.1, -0.05) is 0 Å². The van der Waals surface area contributed by atoms with Gasteiger partial charge in [0.15, 0.2) is 0 Å². The maximum atomic E-state index is 4.96. The summed E-state index contributed by atoms with van der Waals surface area (Å²) in [5, 5.41) is 3.06. The van der Waals surface area contributed by atoms with Crippen LogP contribution in [0.4, 0.5) is 0 Å². The molecule has 0 aliphatic heterocycles. The molecule has 0 amide bonds. The number of rotatable bonds is 3. The molecule has 0 radical (unpaired) electrons. The summed E-state index contributed by atoms with van der Waals surface area (Å²) in [5.41, 5.74) is 0. The Morgan fingerprint density at radius 2 is 1.64 bits per heavy atom. The van der Waals surface area contributed by atoms with Crippen LogP contribution in [0.3, 0.4) is 0 Å². The molecule has 0 spiro atoms. The summed E-state index contributed by atoms with van der Waals surface area (Å²) in [5.74, 6) is 0. The van der Waals surface area contributed by atoms with E-state index in [1.54, 1.807) is 0 Å². The Morgan fingerprint density at radius 3 is 1.73 bits per heavy atom. The van der Waals surface area contributed by atoms with Gasteiger partial charge in [0.05, 0.1) is 0 Å². The number of hydrogen-bond acceptors (Lipinski definition) is 2. The minimum atomic E-state index is -1.85. The predicted octanol–water partition coefficient (Wildman–Crippen LogP) is 1.83. The number of hydrogen-bond donors (Lipinski definition) is 1. The zero-order valence-electron chi connectivity index (χ0n) is 6.81. The van der Waals surface area contributed by atoms with Gasteiger partial charge >= 0.3 is 42.4 Å². The molecular weight excluding hydrogens is 390 g/mol. The second kappa shape index (κ2) is 11.5. The summed E-state index contributed by atoms with van der Waals surface area (Å²) in [6.45, 7) is 2.20. The molecular formula is C5H14Cl3N2Pt. The van der Waals surface area contributed by atoms with Crippen LogP contribution in [-0.2, 0) is 14.2 Å². The molecule has 75 valence electrons. The van der Waals surface area contributed by atoms with Gasteiger partial charge in [-0.05, 0) is 21.1 Å². The first-order valence-electron chi connectivity index (χ1n) is 2.92. The first-order chi connectivity index (χ1) is 5.00. The van der Waals surface area contributed by atoms with Crippen molar-refractivity contribution in [3.8, 4) is 0 Å². The third-order valence-electron chi connectivity index (χ3n) is 0.809. The van der Waals surface area contributed by atoms with E-state index in [1.165, 1.54) is 0 Å². The molecule has 0 aliphatic rings. The van der Waals surface area contributed by atoms with Crippen molar-refractivity contribution in [3.05, 3.63) is 0 Å². The van der Waals surface area contributed by atoms with Crippen molar-refractivity contribution < 1.29 is 14.2 Å². The van der Waals surface area contributed by atoms with Gasteiger partial charge in [-0.3, -0.25) is 0 Å². The van der Waals surface area contributed by atoms with E-state index in [1.807, 2.05) is 7.05 Å². The summed E-state index contributed by atoms with van der Waals surface area (Å²) in [6, 6.07) is 0. The van der Waals surface area contributed by atoms with Crippen LogP contribution in [-0.4, -0.2) is 39.1 Å². The van der Waals surface area contributed by atoms with Crippen molar-refractivity contribution in [1.82, 2.24) is 10.2 Å². The third-order valence-corrected chi connectivity index (χ3v) is 0.809. The zero-order valence-corrected chi connectivity index (χ0v) is 11.4. The molecule has 0 saturated heterocycles. The number of nitrogens with zero attached hydrogens (tertiary/aromatic N) is 1. The van der Waals surface area contributed by atoms with Crippen molar-refractivity contribution in [2.75, 3.05) is 34.2 Å². The summed E-state index contributed by atoms with van der Waals surface area (Å²) in [6.07, 6.45) is 0. The quantitative estimate of drug-likeness (QED) is 0.774. The van der Waals surface area contributed by atoms with E-state index in [0.717, 1.165) is 13.1 Å². The van der Waals surface area contributed by atoms with Crippen LogP contribution in [0.25, 0.3) is 0 Å². The van der Waals surface area contributed by atoms with Crippen LogP contribution in [0.15, 0.2) is 0 Å². The Labute approximate surface area is 86.5 Å². The Morgan fingerprint density at radius 1 is 1.27 bits per heavy atom. The van der Waals surface area contributed by atoms with Crippen molar-refractivity contribution >= 4 is 28.3 Å². The van der Waals surface area contributed by atoms with Crippen molar-refractivity contribution in [2.45, 2.75) is 0 Å². The van der Waals surface area contributed by atoms with Crippen LogP contribution in [0, 0.1) is 0 Å². The molecule has 0 aliphatic carbocycles. The topological polar surface area (TPSA) is 15.3 Å². The Balaban J connectivity index is 0. The fraction of sp³-hybridized carbons (Fsp3) is 1.00. The first-order valence-corrected chi connectivity index (χ1v) is 11.4. The Hall–Kier alpha value is 1.48. The molecule has 0 aromatic rings. The number of likely N-dealkylation sites (N-methyl/N-ethyl adjacent to an activating group) is 2. The molecule has 0 unspecified atom stereocenters. The third kappa shape index (κ3) is 34.4. The zero-order chi connectivity index (χ0) is 9.28. The van der Waals surface area contributed by atoms with E-state index in [0.29, 0.717) is 0 Å². The van der Waals surface area contributed by atoms with E-state index in [2.05, 4.69) is 24.3 Å². The van der Waals surface area contributed by atoms with Gasteiger partial charge in [-0.25, -0.2) is 0 Å².